The Kier molecular flexibility index (Phi) is 4.75. The summed E-state index contributed by atoms with van der Waals surface area (Å²) >= 11 is -0.00843. The molecular formula is C16H17FN8OS. The zero-order valence-corrected chi connectivity index (χ0v) is 15.1. The first kappa shape index (κ1) is 17.5. The van der Waals surface area contributed by atoms with Gasteiger partial charge in [0, 0.05) is 31.0 Å². The minimum Gasteiger partial charge on any atom is -0.409 e. The number of piperidine rings is 1. The molecular weight excluding hydrogens is 371 g/mol. The first-order chi connectivity index (χ1) is 13.2. The number of nitrogens with zero attached hydrogens (tertiary/aromatic N) is 7. The Morgan fingerprint density at radius 3 is 2.56 bits per heavy atom. The molecule has 1 fully saturated rings. The van der Waals surface area contributed by atoms with Gasteiger partial charge in [0.15, 0.2) is 35.1 Å². The van der Waals surface area contributed by atoms with Gasteiger partial charge in [-0.3, -0.25) is 4.98 Å². The van der Waals surface area contributed by atoms with Gasteiger partial charge in [-0.05, 0) is 31.4 Å². The number of nitrogens with two attached hydrogens (primary N) is 1. The average Bonchev–Trinajstić information content (AvgIpc) is 3.12. The summed E-state index contributed by atoms with van der Waals surface area (Å²) < 4.78 is 15.1. The Bertz CT molecular complexity index is 987. The predicted molar refractivity (Wildman–Crippen MR) is 101 cm³/mol. The summed E-state index contributed by atoms with van der Waals surface area (Å²) in [6, 6.07) is 3.48. The van der Waals surface area contributed by atoms with E-state index in [2.05, 4.69) is 30.0 Å². The number of fused-ring (bicyclic) bond motifs is 1. The molecule has 4 rings (SSSR count). The second-order valence-electron chi connectivity index (χ2n) is 6.11. The van der Waals surface area contributed by atoms with Gasteiger partial charge in [-0.2, -0.15) is 0 Å². The third-order valence-electron chi connectivity index (χ3n) is 4.45. The number of amidine groups is 1. The summed E-state index contributed by atoms with van der Waals surface area (Å²) in [4.78, 5) is 19.4. The van der Waals surface area contributed by atoms with Crippen LogP contribution in [-0.4, -0.2) is 48.0 Å². The molecule has 0 saturated carbocycles. The van der Waals surface area contributed by atoms with E-state index in [0.717, 1.165) is 32.4 Å². The first-order valence-corrected chi connectivity index (χ1v) is 9.13. The summed E-state index contributed by atoms with van der Waals surface area (Å²) in [5, 5.41) is 12.0. The molecule has 0 unspecified atom stereocenters. The molecule has 140 valence electrons. The van der Waals surface area contributed by atoms with Crippen LogP contribution in [0.15, 0.2) is 29.7 Å². The van der Waals surface area contributed by atoms with Gasteiger partial charge in [0.1, 0.15) is 0 Å². The van der Waals surface area contributed by atoms with Crippen molar-refractivity contribution in [1.82, 2.24) is 23.9 Å². The second-order valence-corrected chi connectivity index (χ2v) is 6.61. The first-order valence-electron chi connectivity index (χ1n) is 8.45. The fraction of sp³-hybridized carbons (Fsp3) is 0.312. The highest BCUT2D eigenvalue weighted by Gasteiger charge is 2.24. The van der Waals surface area contributed by atoms with E-state index in [4.69, 9.17) is 10.9 Å². The molecule has 0 radical (unpaired) electrons. The van der Waals surface area contributed by atoms with Crippen molar-refractivity contribution in [2.75, 3.05) is 18.0 Å². The van der Waals surface area contributed by atoms with Gasteiger partial charge in [0.25, 0.3) is 0 Å². The topological polar surface area (TPSA) is 118 Å². The Morgan fingerprint density at radius 1 is 1.15 bits per heavy atom. The van der Waals surface area contributed by atoms with Crippen molar-refractivity contribution >= 4 is 35.2 Å². The Balaban J connectivity index is 1.98. The van der Waals surface area contributed by atoms with Gasteiger partial charge in [-0.15, -0.1) is 3.89 Å². The average molecular weight is 388 g/mol. The standard InChI is InChI=1S/C16H17FN8OS/c17-27-25-14(10-4-6-19-7-5-10)20-11-15(24-8-2-1-3-9-24)21-13(12(18)23-26)22-16(11)25/h4-7,26H,1-3,8-9H2,(H2,18,23). The Labute approximate surface area is 158 Å². The summed E-state index contributed by atoms with van der Waals surface area (Å²) in [5.41, 5.74) is 7.15. The van der Waals surface area contributed by atoms with Crippen LogP contribution in [0.25, 0.3) is 22.6 Å². The van der Waals surface area contributed by atoms with E-state index in [1.54, 1.807) is 24.5 Å². The third kappa shape index (κ3) is 3.14. The number of pyridine rings is 1. The summed E-state index contributed by atoms with van der Waals surface area (Å²) in [5.74, 6) is 0.743. The summed E-state index contributed by atoms with van der Waals surface area (Å²) in [6.07, 6.45) is 6.43. The quantitative estimate of drug-likeness (QED) is 0.303. The molecule has 11 heteroatoms. The smallest absolute Gasteiger partial charge is 0.208 e. The van der Waals surface area contributed by atoms with Crippen LogP contribution >= 0.6 is 12.3 Å². The maximum Gasteiger partial charge on any atom is 0.208 e. The number of halogens is 1. The van der Waals surface area contributed by atoms with Gasteiger partial charge in [-0.25, -0.2) is 18.9 Å². The molecule has 9 nitrogen and oxygen atoms in total. The van der Waals surface area contributed by atoms with Crippen LogP contribution in [0.3, 0.4) is 0 Å². The predicted octanol–water partition coefficient (Wildman–Crippen LogP) is 2.35. The molecule has 3 aromatic rings. The number of anilines is 1. The largest absolute Gasteiger partial charge is 0.409 e. The van der Waals surface area contributed by atoms with Crippen molar-refractivity contribution in [2.45, 2.75) is 19.3 Å². The minimum absolute atomic E-state index is 0.00843. The number of imidazole rings is 1. The van der Waals surface area contributed by atoms with Crippen LogP contribution in [0.5, 0.6) is 0 Å². The van der Waals surface area contributed by atoms with Crippen molar-refractivity contribution < 1.29 is 9.09 Å². The lowest BCUT2D eigenvalue weighted by atomic mass is 10.1. The normalized spacial score (nSPS) is 15.4. The highest BCUT2D eigenvalue weighted by molar-refractivity contribution is 7.93. The lowest BCUT2D eigenvalue weighted by Crippen LogP contribution is -2.31. The van der Waals surface area contributed by atoms with E-state index in [1.165, 1.54) is 3.97 Å². The fourth-order valence-electron chi connectivity index (χ4n) is 3.16. The van der Waals surface area contributed by atoms with Gasteiger partial charge in [-0.1, -0.05) is 5.16 Å². The molecule has 1 aliphatic rings. The number of aromatic nitrogens is 5. The Hall–Kier alpha value is -2.95. The van der Waals surface area contributed by atoms with Crippen molar-refractivity contribution in [3.8, 4) is 11.4 Å². The number of oxime groups is 1. The maximum absolute atomic E-state index is 13.9. The molecule has 1 saturated heterocycles. The summed E-state index contributed by atoms with van der Waals surface area (Å²) in [7, 11) is 0. The van der Waals surface area contributed by atoms with Crippen LogP contribution in [0.1, 0.15) is 25.1 Å². The van der Waals surface area contributed by atoms with E-state index in [1.807, 2.05) is 0 Å². The van der Waals surface area contributed by atoms with E-state index in [0.29, 0.717) is 22.7 Å². The maximum atomic E-state index is 13.9. The van der Waals surface area contributed by atoms with Gasteiger partial charge >= 0.3 is 0 Å². The van der Waals surface area contributed by atoms with Gasteiger partial charge in [0.05, 0.1) is 0 Å². The molecule has 3 aromatic heterocycles. The van der Waals surface area contributed by atoms with E-state index >= 15 is 0 Å². The monoisotopic (exact) mass is 388 g/mol. The molecule has 27 heavy (non-hydrogen) atoms. The highest BCUT2D eigenvalue weighted by atomic mass is 32.2. The summed E-state index contributed by atoms with van der Waals surface area (Å²) in [6.45, 7) is 1.61. The van der Waals surface area contributed by atoms with Crippen LogP contribution in [0, 0.1) is 0 Å². The number of hydrogen-bond donors (Lipinski definition) is 2. The second kappa shape index (κ2) is 7.35. The molecule has 0 atom stereocenters. The van der Waals surface area contributed by atoms with Crippen LogP contribution in [-0.2, 0) is 0 Å². The molecule has 1 aliphatic heterocycles. The number of hydrogen-bond acceptors (Lipinski definition) is 8. The zero-order chi connectivity index (χ0) is 18.8. The lowest BCUT2D eigenvalue weighted by molar-refractivity contribution is 0.318. The molecule has 0 amide bonds. The van der Waals surface area contributed by atoms with E-state index in [9.17, 15) is 3.89 Å². The van der Waals surface area contributed by atoms with Crippen LogP contribution < -0.4 is 10.6 Å². The number of rotatable bonds is 4. The molecule has 0 aliphatic carbocycles. The minimum atomic E-state index is -0.239. The van der Waals surface area contributed by atoms with Gasteiger partial charge < -0.3 is 15.8 Å². The highest BCUT2D eigenvalue weighted by Crippen LogP contribution is 2.33. The van der Waals surface area contributed by atoms with Gasteiger partial charge in [0.2, 0.25) is 11.7 Å². The molecule has 4 heterocycles. The van der Waals surface area contributed by atoms with Crippen LogP contribution in [0.2, 0.25) is 0 Å². The molecule has 0 bridgehead atoms. The fourth-order valence-corrected chi connectivity index (χ4v) is 3.56. The van der Waals surface area contributed by atoms with E-state index < -0.39 is 0 Å². The zero-order valence-electron chi connectivity index (χ0n) is 14.3. The molecule has 3 N–H and O–H groups in total. The van der Waals surface area contributed by atoms with Crippen LogP contribution in [0.4, 0.5) is 9.70 Å². The molecule has 0 spiro atoms. The lowest BCUT2D eigenvalue weighted by Gasteiger charge is -2.27. The SMILES string of the molecule is N/C(=N\O)c1nc(N2CCCCC2)c2nc(-c3ccncc3)n(SF)c2n1. The van der Waals surface area contributed by atoms with Crippen molar-refractivity contribution in [1.29, 1.82) is 0 Å². The third-order valence-corrected chi connectivity index (χ3v) is 4.93. The van der Waals surface area contributed by atoms with Crippen molar-refractivity contribution in [3.63, 3.8) is 0 Å². The van der Waals surface area contributed by atoms with Crippen molar-refractivity contribution in [2.24, 2.45) is 10.9 Å². The van der Waals surface area contributed by atoms with Crippen molar-refractivity contribution in [3.05, 3.63) is 30.4 Å². The molecule has 0 aromatic carbocycles. The Morgan fingerprint density at radius 2 is 1.89 bits per heavy atom. The van der Waals surface area contributed by atoms with E-state index in [-0.39, 0.29) is 29.6 Å².